The molecule has 0 heterocycles. The van der Waals surface area contributed by atoms with Gasteiger partial charge in [-0.3, -0.25) is 0 Å². The predicted molar refractivity (Wildman–Crippen MR) is 85.5 cm³/mol. The molecule has 1 fully saturated rings. The molecule has 0 aliphatic heterocycles. The van der Waals surface area contributed by atoms with Crippen LogP contribution >= 0.6 is 0 Å². The molecule has 3 N–H and O–H groups in total. The molecule has 1 aromatic carbocycles. The van der Waals surface area contributed by atoms with Gasteiger partial charge in [0.2, 0.25) is 0 Å². The molecule has 2 atom stereocenters. The first-order valence-electron chi connectivity index (χ1n) is 7.83. The number of carbonyl (C=O) groups is 1. The highest BCUT2D eigenvalue weighted by molar-refractivity contribution is 5.90. The zero-order valence-electron chi connectivity index (χ0n) is 12.9. The molecular weight excluding hydrogens is 278 g/mol. The molecule has 0 aromatic heterocycles. The summed E-state index contributed by atoms with van der Waals surface area (Å²) in [5, 5.41) is 24.2. The van der Waals surface area contributed by atoms with Crippen LogP contribution in [0.1, 0.15) is 43.2 Å². The van der Waals surface area contributed by atoms with Crippen LogP contribution in [0.2, 0.25) is 0 Å². The Bertz CT molecular complexity index is 566. The number of aliphatic hydroxyl groups is 1. The molecule has 0 spiro atoms. The summed E-state index contributed by atoms with van der Waals surface area (Å²) >= 11 is 0. The van der Waals surface area contributed by atoms with Crippen LogP contribution in [-0.4, -0.2) is 23.8 Å². The van der Waals surface area contributed by atoms with Crippen LogP contribution in [0.5, 0.6) is 0 Å². The SMILES string of the molecule is Cc1ccc(C#N)cc1NC(=O)NC1CCCCCC1CO. The maximum Gasteiger partial charge on any atom is 0.319 e. The summed E-state index contributed by atoms with van der Waals surface area (Å²) in [4.78, 5) is 12.2. The quantitative estimate of drug-likeness (QED) is 0.750. The van der Waals surface area contributed by atoms with Gasteiger partial charge < -0.3 is 15.7 Å². The molecule has 0 saturated heterocycles. The van der Waals surface area contributed by atoms with Crippen LogP contribution in [0.3, 0.4) is 0 Å². The third-order valence-corrected chi connectivity index (χ3v) is 4.32. The van der Waals surface area contributed by atoms with E-state index in [0.29, 0.717) is 11.3 Å². The summed E-state index contributed by atoms with van der Waals surface area (Å²) in [6.45, 7) is 1.99. The minimum absolute atomic E-state index is 0.00644. The molecule has 0 radical (unpaired) electrons. The number of carbonyl (C=O) groups excluding carboxylic acids is 1. The van der Waals surface area contributed by atoms with Crippen molar-refractivity contribution in [3.63, 3.8) is 0 Å². The van der Waals surface area contributed by atoms with Crippen molar-refractivity contribution in [2.24, 2.45) is 5.92 Å². The van der Waals surface area contributed by atoms with E-state index in [-0.39, 0.29) is 24.6 Å². The van der Waals surface area contributed by atoms with Crippen molar-refractivity contribution in [1.29, 1.82) is 5.26 Å². The Balaban J connectivity index is 2.01. The molecule has 1 aromatic rings. The maximum atomic E-state index is 12.2. The first kappa shape index (κ1) is 16.3. The van der Waals surface area contributed by atoms with Gasteiger partial charge in [0, 0.05) is 24.3 Å². The normalized spacial score (nSPS) is 21.5. The molecule has 22 heavy (non-hydrogen) atoms. The fourth-order valence-electron chi connectivity index (χ4n) is 2.95. The van der Waals surface area contributed by atoms with Gasteiger partial charge in [-0.1, -0.05) is 25.3 Å². The molecule has 1 saturated carbocycles. The third-order valence-electron chi connectivity index (χ3n) is 4.32. The lowest BCUT2D eigenvalue weighted by molar-refractivity contribution is 0.182. The van der Waals surface area contributed by atoms with Crippen LogP contribution in [0.4, 0.5) is 10.5 Å². The van der Waals surface area contributed by atoms with Crippen molar-refractivity contribution in [1.82, 2.24) is 5.32 Å². The number of nitrogens with one attached hydrogen (secondary N) is 2. The number of hydrogen-bond acceptors (Lipinski definition) is 3. The molecule has 5 heteroatoms. The van der Waals surface area contributed by atoms with E-state index in [9.17, 15) is 9.90 Å². The molecule has 5 nitrogen and oxygen atoms in total. The molecule has 2 amide bonds. The zero-order chi connectivity index (χ0) is 15.9. The van der Waals surface area contributed by atoms with Crippen molar-refractivity contribution in [2.45, 2.75) is 45.1 Å². The van der Waals surface area contributed by atoms with Gasteiger partial charge in [0.05, 0.1) is 11.6 Å². The molecular formula is C17H23N3O2. The Labute approximate surface area is 131 Å². The maximum absolute atomic E-state index is 12.2. The van der Waals surface area contributed by atoms with E-state index < -0.39 is 0 Å². The first-order chi connectivity index (χ1) is 10.6. The number of anilines is 1. The number of urea groups is 1. The summed E-state index contributed by atoms with van der Waals surface area (Å²) < 4.78 is 0. The van der Waals surface area contributed by atoms with E-state index in [1.54, 1.807) is 12.1 Å². The monoisotopic (exact) mass is 301 g/mol. The number of aliphatic hydroxyl groups excluding tert-OH is 1. The highest BCUT2D eigenvalue weighted by Crippen LogP contribution is 2.23. The van der Waals surface area contributed by atoms with Gasteiger partial charge in [-0.05, 0) is 37.5 Å². The summed E-state index contributed by atoms with van der Waals surface area (Å²) in [5.41, 5.74) is 2.07. The largest absolute Gasteiger partial charge is 0.396 e. The van der Waals surface area contributed by atoms with Crippen LogP contribution in [-0.2, 0) is 0 Å². The van der Waals surface area contributed by atoms with Crippen molar-refractivity contribution in [3.05, 3.63) is 29.3 Å². The first-order valence-corrected chi connectivity index (χ1v) is 7.83. The summed E-state index contributed by atoms with van der Waals surface area (Å²) in [6.07, 6.45) is 5.18. The number of hydrogen-bond donors (Lipinski definition) is 3. The minimum atomic E-state index is -0.275. The molecule has 1 aliphatic carbocycles. The lowest BCUT2D eigenvalue weighted by Crippen LogP contribution is -2.43. The molecule has 1 aliphatic rings. The highest BCUT2D eigenvalue weighted by Gasteiger charge is 2.24. The summed E-state index contributed by atoms with van der Waals surface area (Å²) in [6, 6.07) is 7.02. The summed E-state index contributed by atoms with van der Waals surface area (Å²) in [5.74, 6) is 0.125. The number of benzene rings is 1. The van der Waals surface area contributed by atoms with Gasteiger partial charge in [0.1, 0.15) is 0 Å². The molecule has 2 unspecified atom stereocenters. The Morgan fingerprint density at radius 2 is 2.14 bits per heavy atom. The fraction of sp³-hybridized carbons (Fsp3) is 0.529. The Morgan fingerprint density at radius 3 is 2.86 bits per heavy atom. The van der Waals surface area contributed by atoms with Crippen molar-refractivity contribution in [2.75, 3.05) is 11.9 Å². The lowest BCUT2D eigenvalue weighted by atomic mass is 9.96. The average molecular weight is 301 g/mol. The third kappa shape index (κ3) is 4.22. The number of amides is 2. The number of nitrogens with zero attached hydrogens (tertiary/aromatic N) is 1. The van der Waals surface area contributed by atoms with Gasteiger partial charge >= 0.3 is 6.03 Å². The molecule has 2 rings (SSSR count). The Kier molecular flexibility index (Phi) is 5.79. The van der Waals surface area contributed by atoms with E-state index in [1.165, 1.54) is 0 Å². The minimum Gasteiger partial charge on any atom is -0.396 e. The Hall–Kier alpha value is -2.06. The number of nitriles is 1. The lowest BCUT2D eigenvalue weighted by Gasteiger charge is -2.24. The fourth-order valence-corrected chi connectivity index (χ4v) is 2.95. The van der Waals surface area contributed by atoms with Gasteiger partial charge in [-0.15, -0.1) is 0 Å². The topological polar surface area (TPSA) is 85.2 Å². The van der Waals surface area contributed by atoms with Gasteiger partial charge in [0.15, 0.2) is 0 Å². The van der Waals surface area contributed by atoms with Gasteiger partial charge in [-0.25, -0.2) is 4.79 Å². The zero-order valence-corrected chi connectivity index (χ0v) is 12.9. The standard InChI is InChI=1S/C17H23N3O2/c1-12-7-8-13(10-18)9-16(12)20-17(22)19-15-6-4-2-3-5-14(15)11-21/h7-9,14-15,21H,2-6,11H2,1H3,(H2,19,20,22). The van der Waals surface area contributed by atoms with Crippen LogP contribution in [0.15, 0.2) is 18.2 Å². The van der Waals surface area contributed by atoms with Crippen LogP contribution < -0.4 is 10.6 Å². The highest BCUT2D eigenvalue weighted by atomic mass is 16.3. The predicted octanol–water partition coefficient (Wildman–Crippen LogP) is 2.93. The van der Waals surface area contributed by atoms with Crippen molar-refractivity contribution < 1.29 is 9.90 Å². The smallest absolute Gasteiger partial charge is 0.319 e. The molecule has 0 bridgehead atoms. The van der Waals surface area contributed by atoms with E-state index in [2.05, 4.69) is 16.7 Å². The second-order valence-electron chi connectivity index (χ2n) is 5.93. The molecule has 118 valence electrons. The number of rotatable bonds is 3. The van der Waals surface area contributed by atoms with Crippen molar-refractivity contribution in [3.8, 4) is 6.07 Å². The van der Waals surface area contributed by atoms with Crippen molar-refractivity contribution >= 4 is 11.7 Å². The van der Waals surface area contributed by atoms with E-state index in [1.807, 2.05) is 13.0 Å². The van der Waals surface area contributed by atoms with Gasteiger partial charge in [-0.2, -0.15) is 5.26 Å². The van der Waals surface area contributed by atoms with E-state index >= 15 is 0 Å². The summed E-state index contributed by atoms with van der Waals surface area (Å²) in [7, 11) is 0. The Morgan fingerprint density at radius 1 is 1.36 bits per heavy atom. The van der Waals surface area contributed by atoms with Crippen LogP contribution in [0.25, 0.3) is 0 Å². The number of aryl methyl sites for hydroxylation is 1. The van der Waals surface area contributed by atoms with E-state index in [0.717, 1.165) is 37.7 Å². The van der Waals surface area contributed by atoms with E-state index in [4.69, 9.17) is 5.26 Å². The second-order valence-corrected chi connectivity index (χ2v) is 5.93. The van der Waals surface area contributed by atoms with Gasteiger partial charge in [0.25, 0.3) is 0 Å². The van der Waals surface area contributed by atoms with Crippen LogP contribution in [0, 0.1) is 24.2 Å². The average Bonchev–Trinajstić information content (AvgIpc) is 2.74. The second kappa shape index (κ2) is 7.81.